The molecule has 0 N–H and O–H groups in total. The molecule has 0 saturated carbocycles. The first kappa shape index (κ1) is 18.4. The van der Waals surface area contributed by atoms with E-state index in [1.807, 2.05) is 6.92 Å². The first-order valence-corrected chi connectivity index (χ1v) is 6.73. The molecule has 0 bridgehead atoms. The molecule has 0 aliphatic rings. The van der Waals surface area contributed by atoms with Gasteiger partial charge in [0.1, 0.15) is 0 Å². The fourth-order valence-electron chi connectivity index (χ4n) is 1.70. The van der Waals surface area contributed by atoms with Gasteiger partial charge in [-0.25, -0.2) is 0 Å². The lowest BCUT2D eigenvalue weighted by molar-refractivity contribution is -0.147. The zero-order valence-electron chi connectivity index (χ0n) is 12.6. The molecule has 6 nitrogen and oxygen atoms in total. The van der Waals surface area contributed by atoms with Crippen molar-refractivity contribution in [1.29, 1.82) is 0 Å². The Morgan fingerprint density at radius 2 is 1.35 bits per heavy atom. The third-order valence-corrected chi connectivity index (χ3v) is 2.88. The van der Waals surface area contributed by atoms with Crippen LogP contribution in [0.2, 0.25) is 0 Å². The Balaban J connectivity index is 4.20. The Bertz CT molecular complexity index is 326. The Morgan fingerprint density at radius 3 is 1.85 bits per heavy atom. The standard InChI is InChI=1S/C14H24O6/c1-10(8-19-12(3)16)14(9-20-13(4)17)6-5-7-18-11(2)15/h10,14H,5-9H2,1-4H3. The van der Waals surface area contributed by atoms with E-state index in [1.165, 1.54) is 20.8 Å². The fourth-order valence-corrected chi connectivity index (χ4v) is 1.70. The Kier molecular flexibility index (Phi) is 9.41. The summed E-state index contributed by atoms with van der Waals surface area (Å²) in [6.07, 6.45) is 1.40. The third-order valence-electron chi connectivity index (χ3n) is 2.88. The lowest BCUT2D eigenvalue weighted by atomic mass is 9.91. The molecule has 116 valence electrons. The fraction of sp³-hybridized carbons (Fsp3) is 0.786. The van der Waals surface area contributed by atoms with Crippen LogP contribution < -0.4 is 0 Å². The number of esters is 3. The molecule has 2 atom stereocenters. The smallest absolute Gasteiger partial charge is 0.302 e. The van der Waals surface area contributed by atoms with Crippen LogP contribution in [0.3, 0.4) is 0 Å². The van der Waals surface area contributed by atoms with E-state index < -0.39 is 0 Å². The predicted molar refractivity (Wildman–Crippen MR) is 71.8 cm³/mol. The topological polar surface area (TPSA) is 78.9 Å². The minimum Gasteiger partial charge on any atom is -0.466 e. The summed E-state index contributed by atoms with van der Waals surface area (Å²) < 4.78 is 14.9. The van der Waals surface area contributed by atoms with Gasteiger partial charge < -0.3 is 14.2 Å². The van der Waals surface area contributed by atoms with Crippen LogP contribution in [-0.2, 0) is 28.6 Å². The summed E-state index contributed by atoms with van der Waals surface area (Å²) in [6, 6.07) is 0. The van der Waals surface area contributed by atoms with E-state index in [0.717, 1.165) is 6.42 Å². The second-order valence-corrected chi connectivity index (χ2v) is 4.82. The Hall–Kier alpha value is -1.59. The van der Waals surface area contributed by atoms with E-state index in [0.29, 0.717) is 13.0 Å². The van der Waals surface area contributed by atoms with Gasteiger partial charge in [0.25, 0.3) is 0 Å². The summed E-state index contributed by atoms with van der Waals surface area (Å²) >= 11 is 0. The summed E-state index contributed by atoms with van der Waals surface area (Å²) in [4.78, 5) is 32.4. The van der Waals surface area contributed by atoms with Crippen LogP contribution in [0, 0.1) is 11.8 Å². The van der Waals surface area contributed by atoms with Crippen LogP contribution in [-0.4, -0.2) is 37.7 Å². The summed E-state index contributed by atoms with van der Waals surface area (Å²) in [6.45, 7) is 6.91. The van der Waals surface area contributed by atoms with Crippen LogP contribution in [0.5, 0.6) is 0 Å². The van der Waals surface area contributed by atoms with Crippen molar-refractivity contribution in [3.8, 4) is 0 Å². The number of ether oxygens (including phenoxy) is 3. The van der Waals surface area contributed by atoms with Crippen molar-refractivity contribution in [2.45, 2.75) is 40.5 Å². The molecule has 0 aliphatic heterocycles. The molecule has 2 unspecified atom stereocenters. The molecule has 0 aromatic heterocycles. The predicted octanol–water partition coefficient (Wildman–Crippen LogP) is 1.71. The molecule has 0 aromatic carbocycles. The maximum atomic E-state index is 10.9. The van der Waals surface area contributed by atoms with Gasteiger partial charge in [-0.3, -0.25) is 14.4 Å². The van der Waals surface area contributed by atoms with Crippen LogP contribution >= 0.6 is 0 Å². The van der Waals surface area contributed by atoms with Crippen molar-refractivity contribution in [3.05, 3.63) is 0 Å². The van der Waals surface area contributed by atoms with Crippen molar-refractivity contribution in [2.24, 2.45) is 11.8 Å². The molecule has 0 aromatic rings. The quantitative estimate of drug-likeness (QED) is 0.365. The molecule has 0 radical (unpaired) electrons. The minimum absolute atomic E-state index is 0.0637. The summed E-state index contributed by atoms with van der Waals surface area (Å²) in [5.41, 5.74) is 0. The minimum atomic E-state index is -0.338. The van der Waals surface area contributed by atoms with Gasteiger partial charge in [0, 0.05) is 20.8 Å². The first-order valence-electron chi connectivity index (χ1n) is 6.73. The molecule has 0 heterocycles. The van der Waals surface area contributed by atoms with Gasteiger partial charge in [0.05, 0.1) is 19.8 Å². The molecule has 0 rings (SSSR count). The molecular weight excluding hydrogens is 264 g/mol. The van der Waals surface area contributed by atoms with E-state index in [4.69, 9.17) is 14.2 Å². The first-order chi connectivity index (χ1) is 9.32. The van der Waals surface area contributed by atoms with Gasteiger partial charge in [0.15, 0.2) is 0 Å². The van der Waals surface area contributed by atoms with Crippen molar-refractivity contribution < 1.29 is 28.6 Å². The van der Waals surface area contributed by atoms with E-state index in [-0.39, 0.29) is 43.0 Å². The second kappa shape index (κ2) is 10.2. The van der Waals surface area contributed by atoms with Gasteiger partial charge in [-0.05, 0) is 24.7 Å². The maximum absolute atomic E-state index is 10.9. The SMILES string of the molecule is CC(=O)OCCCC(COC(C)=O)C(C)COC(C)=O. The molecule has 0 aliphatic carbocycles. The lowest BCUT2D eigenvalue weighted by Crippen LogP contribution is -2.24. The van der Waals surface area contributed by atoms with Gasteiger partial charge in [-0.1, -0.05) is 6.92 Å². The van der Waals surface area contributed by atoms with E-state index in [1.54, 1.807) is 0 Å². The summed E-state index contributed by atoms with van der Waals surface area (Å²) in [5, 5.41) is 0. The van der Waals surface area contributed by atoms with Gasteiger partial charge >= 0.3 is 17.9 Å². The average molecular weight is 288 g/mol. The Morgan fingerprint density at radius 1 is 0.850 bits per heavy atom. The maximum Gasteiger partial charge on any atom is 0.302 e. The molecule has 0 saturated heterocycles. The van der Waals surface area contributed by atoms with Crippen molar-refractivity contribution in [1.82, 2.24) is 0 Å². The molecule has 20 heavy (non-hydrogen) atoms. The molecule has 0 fully saturated rings. The highest BCUT2D eigenvalue weighted by molar-refractivity contribution is 5.66. The lowest BCUT2D eigenvalue weighted by Gasteiger charge is -2.23. The van der Waals surface area contributed by atoms with Crippen molar-refractivity contribution >= 4 is 17.9 Å². The normalized spacial score (nSPS) is 13.2. The van der Waals surface area contributed by atoms with Crippen LogP contribution in [0.25, 0.3) is 0 Å². The zero-order valence-corrected chi connectivity index (χ0v) is 12.6. The van der Waals surface area contributed by atoms with E-state index >= 15 is 0 Å². The van der Waals surface area contributed by atoms with Crippen LogP contribution in [0.15, 0.2) is 0 Å². The Labute approximate surface area is 119 Å². The number of hydrogen-bond acceptors (Lipinski definition) is 6. The van der Waals surface area contributed by atoms with E-state index in [9.17, 15) is 14.4 Å². The molecule has 0 amide bonds. The summed E-state index contributed by atoms with van der Waals surface area (Å²) in [7, 11) is 0. The average Bonchev–Trinajstić information content (AvgIpc) is 2.34. The van der Waals surface area contributed by atoms with Gasteiger partial charge in [0.2, 0.25) is 0 Å². The highest BCUT2D eigenvalue weighted by Gasteiger charge is 2.20. The molecule has 6 heteroatoms. The largest absolute Gasteiger partial charge is 0.466 e. The highest BCUT2D eigenvalue weighted by atomic mass is 16.5. The number of rotatable bonds is 9. The van der Waals surface area contributed by atoms with E-state index in [2.05, 4.69) is 0 Å². The van der Waals surface area contributed by atoms with Crippen LogP contribution in [0.1, 0.15) is 40.5 Å². The number of hydrogen-bond donors (Lipinski definition) is 0. The zero-order chi connectivity index (χ0) is 15.5. The monoisotopic (exact) mass is 288 g/mol. The molecular formula is C14H24O6. The highest BCUT2D eigenvalue weighted by Crippen LogP contribution is 2.19. The van der Waals surface area contributed by atoms with Gasteiger partial charge in [-0.15, -0.1) is 0 Å². The third kappa shape index (κ3) is 10.3. The summed E-state index contributed by atoms with van der Waals surface area (Å²) in [5.74, 6) is -0.850. The van der Waals surface area contributed by atoms with Crippen LogP contribution in [0.4, 0.5) is 0 Å². The number of carbonyl (C=O) groups excluding carboxylic acids is 3. The second-order valence-electron chi connectivity index (χ2n) is 4.82. The molecule has 0 spiro atoms. The van der Waals surface area contributed by atoms with Gasteiger partial charge in [-0.2, -0.15) is 0 Å². The van der Waals surface area contributed by atoms with Crippen molar-refractivity contribution in [2.75, 3.05) is 19.8 Å². The number of carbonyl (C=O) groups is 3. The van der Waals surface area contributed by atoms with Crippen molar-refractivity contribution in [3.63, 3.8) is 0 Å².